The smallest absolute Gasteiger partial charge is 0.326 e. The molecule has 7 heteroatoms. The Labute approximate surface area is 165 Å². The molecular formula is C22H18N2O5. The van der Waals surface area contributed by atoms with Crippen LogP contribution in [0.3, 0.4) is 0 Å². The second-order valence-electron chi connectivity index (χ2n) is 6.59. The van der Waals surface area contributed by atoms with E-state index in [1.54, 1.807) is 24.3 Å². The molecule has 0 fully saturated rings. The van der Waals surface area contributed by atoms with E-state index in [1.807, 2.05) is 31.2 Å². The highest BCUT2D eigenvalue weighted by Crippen LogP contribution is 2.23. The van der Waals surface area contributed by atoms with Crippen LogP contribution in [0.25, 0.3) is 22.1 Å². The second-order valence-corrected chi connectivity index (χ2v) is 6.59. The van der Waals surface area contributed by atoms with E-state index >= 15 is 0 Å². The number of furan rings is 1. The minimum atomic E-state index is -0.706. The number of carbonyl (C=O) groups is 2. The van der Waals surface area contributed by atoms with Crippen molar-refractivity contribution < 1.29 is 18.7 Å². The number of hydrogen-bond acceptors (Lipinski definition) is 6. The number of ether oxygens (including phenoxy) is 1. The molecule has 0 spiro atoms. The molecule has 2 heterocycles. The molecule has 0 aliphatic carbocycles. The molecule has 0 aliphatic heterocycles. The quantitative estimate of drug-likeness (QED) is 0.371. The SMILES string of the molecule is CCc1ccc(C(=O)COC(=O)Cn2cnc3c(oc4ccccc43)c2=O)cc1. The number of nitrogens with zero attached hydrogens (tertiary/aromatic N) is 2. The number of para-hydroxylation sites is 1. The second kappa shape index (κ2) is 7.71. The number of aromatic nitrogens is 2. The number of carbonyl (C=O) groups excluding carboxylic acids is 2. The molecule has 2 aromatic heterocycles. The van der Waals surface area contributed by atoms with Crippen LogP contribution in [0.1, 0.15) is 22.8 Å². The summed E-state index contributed by atoms with van der Waals surface area (Å²) >= 11 is 0. The average molecular weight is 390 g/mol. The first-order chi connectivity index (χ1) is 14.1. The summed E-state index contributed by atoms with van der Waals surface area (Å²) in [5.74, 6) is -1.01. The Morgan fingerprint density at radius 3 is 2.62 bits per heavy atom. The first kappa shape index (κ1) is 18.6. The Morgan fingerprint density at radius 1 is 1.10 bits per heavy atom. The van der Waals surface area contributed by atoms with Crippen LogP contribution < -0.4 is 5.56 Å². The molecule has 4 aromatic rings. The lowest BCUT2D eigenvalue weighted by Crippen LogP contribution is -2.26. The van der Waals surface area contributed by atoms with Gasteiger partial charge in [0.2, 0.25) is 5.58 Å². The highest BCUT2D eigenvalue weighted by atomic mass is 16.5. The summed E-state index contributed by atoms with van der Waals surface area (Å²) in [7, 11) is 0. The molecule has 0 bridgehead atoms. The van der Waals surface area contributed by atoms with Gasteiger partial charge in [0.1, 0.15) is 17.6 Å². The zero-order valence-corrected chi connectivity index (χ0v) is 15.8. The minimum absolute atomic E-state index is 0.0774. The zero-order chi connectivity index (χ0) is 20.4. The van der Waals surface area contributed by atoms with E-state index in [0.29, 0.717) is 16.7 Å². The van der Waals surface area contributed by atoms with Gasteiger partial charge in [-0.2, -0.15) is 0 Å². The molecule has 0 saturated carbocycles. The van der Waals surface area contributed by atoms with E-state index in [-0.39, 0.29) is 24.5 Å². The van der Waals surface area contributed by atoms with Crippen LogP contribution in [-0.2, 0) is 22.5 Å². The van der Waals surface area contributed by atoms with E-state index < -0.39 is 11.5 Å². The van der Waals surface area contributed by atoms with E-state index in [2.05, 4.69) is 4.98 Å². The maximum atomic E-state index is 12.6. The van der Waals surface area contributed by atoms with Crippen molar-refractivity contribution in [2.24, 2.45) is 0 Å². The van der Waals surface area contributed by atoms with E-state index in [1.165, 1.54) is 6.33 Å². The van der Waals surface area contributed by atoms with Crippen LogP contribution in [0.5, 0.6) is 0 Å². The number of rotatable bonds is 6. The Bertz CT molecular complexity index is 1270. The van der Waals surface area contributed by atoms with Crippen molar-refractivity contribution in [1.29, 1.82) is 0 Å². The van der Waals surface area contributed by atoms with Gasteiger partial charge in [0.15, 0.2) is 12.4 Å². The van der Waals surface area contributed by atoms with Gasteiger partial charge in [-0.1, -0.05) is 43.3 Å². The first-order valence-corrected chi connectivity index (χ1v) is 9.21. The van der Waals surface area contributed by atoms with Crippen LogP contribution in [-0.4, -0.2) is 27.9 Å². The third-order valence-corrected chi connectivity index (χ3v) is 4.70. The van der Waals surface area contributed by atoms with Gasteiger partial charge < -0.3 is 9.15 Å². The molecule has 2 aromatic carbocycles. The van der Waals surface area contributed by atoms with Crippen LogP contribution in [0.2, 0.25) is 0 Å². The molecular weight excluding hydrogens is 372 g/mol. The predicted molar refractivity (Wildman–Crippen MR) is 107 cm³/mol. The summed E-state index contributed by atoms with van der Waals surface area (Å²) in [6.45, 7) is 1.28. The molecule has 29 heavy (non-hydrogen) atoms. The number of fused-ring (bicyclic) bond motifs is 3. The fourth-order valence-corrected chi connectivity index (χ4v) is 3.07. The summed E-state index contributed by atoms with van der Waals surface area (Å²) in [5, 5.41) is 0.731. The van der Waals surface area contributed by atoms with Crippen molar-refractivity contribution in [2.45, 2.75) is 19.9 Å². The van der Waals surface area contributed by atoms with Gasteiger partial charge in [0, 0.05) is 10.9 Å². The predicted octanol–water partition coefficient (Wildman–Crippen LogP) is 3.13. The van der Waals surface area contributed by atoms with Gasteiger partial charge in [0.25, 0.3) is 5.56 Å². The Hall–Kier alpha value is -3.74. The molecule has 146 valence electrons. The third-order valence-electron chi connectivity index (χ3n) is 4.70. The minimum Gasteiger partial charge on any atom is -0.456 e. The fraction of sp³-hybridized carbons (Fsp3) is 0.182. The average Bonchev–Trinajstić information content (AvgIpc) is 3.13. The monoisotopic (exact) mass is 390 g/mol. The van der Waals surface area contributed by atoms with Crippen LogP contribution in [0.4, 0.5) is 0 Å². The molecule has 0 amide bonds. The van der Waals surface area contributed by atoms with Gasteiger partial charge >= 0.3 is 5.97 Å². The van der Waals surface area contributed by atoms with E-state index in [4.69, 9.17) is 9.15 Å². The van der Waals surface area contributed by atoms with E-state index in [0.717, 1.165) is 21.9 Å². The highest BCUT2D eigenvalue weighted by Gasteiger charge is 2.16. The Morgan fingerprint density at radius 2 is 1.86 bits per heavy atom. The molecule has 4 rings (SSSR count). The fourth-order valence-electron chi connectivity index (χ4n) is 3.07. The topological polar surface area (TPSA) is 91.4 Å². The Kier molecular flexibility index (Phi) is 4.95. The van der Waals surface area contributed by atoms with Gasteiger partial charge in [-0.25, -0.2) is 4.98 Å². The van der Waals surface area contributed by atoms with Crippen molar-refractivity contribution in [2.75, 3.05) is 6.61 Å². The standard InChI is InChI=1S/C22H18N2O5/c1-2-14-7-9-15(10-8-14)17(25)12-28-19(26)11-24-13-23-20-16-5-3-4-6-18(16)29-21(20)22(24)27/h3-10,13H,2,11-12H2,1H3. The normalized spacial score (nSPS) is 11.1. The summed E-state index contributed by atoms with van der Waals surface area (Å²) in [4.78, 5) is 41.1. The summed E-state index contributed by atoms with van der Waals surface area (Å²) in [6.07, 6.45) is 2.15. The molecule has 0 aliphatic rings. The van der Waals surface area contributed by atoms with Gasteiger partial charge in [0.05, 0.1) is 6.33 Å². The Balaban J connectivity index is 1.46. The number of ketones is 1. The molecule has 0 unspecified atom stereocenters. The lowest BCUT2D eigenvalue weighted by molar-refractivity contribution is -0.143. The summed E-state index contributed by atoms with van der Waals surface area (Å²) in [6, 6.07) is 14.3. The lowest BCUT2D eigenvalue weighted by Gasteiger charge is -2.06. The number of benzene rings is 2. The van der Waals surface area contributed by atoms with Crippen LogP contribution in [0, 0.1) is 0 Å². The summed E-state index contributed by atoms with van der Waals surface area (Å²) in [5.41, 5.74) is 2.18. The largest absolute Gasteiger partial charge is 0.456 e. The summed E-state index contributed by atoms with van der Waals surface area (Å²) < 4.78 is 11.7. The highest BCUT2D eigenvalue weighted by molar-refractivity contribution is 6.01. The van der Waals surface area contributed by atoms with Crippen molar-refractivity contribution in [1.82, 2.24) is 9.55 Å². The zero-order valence-electron chi connectivity index (χ0n) is 15.8. The maximum Gasteiger partial charge on any atom is 0.326 e. The number of hydrogen-bond donors (Lipinski definition) is 0. The number of Topliss-reactive ketones (excluding diaryl/α,β-unsaturated/α-hetero) is 1. The molecule has 7 nitrogen and oxygen atoms in total. The van der Waals surface area contributed by atoms with E-state index in [9.17, 15) is 14.4 Å². The van der Waals surface area contributed by atoms with Gasteiger partial charge in [-0.15, -0.1) is 0 Å². The lowest BCUT2D eigenvalue weighted by atomic mass is 10.1. The molecule has 0 radical (unpaired) electrons. The van der Waals surface area contributed by atoms with Crippen molar-refractivity contribution in [3.63, 3.8) is 0 Å². The van der Waals surface area contributed by atoms with Crippen molar-refractivity contribution in [3.8, 4) is 0 Å². The van der Waals surface area contributed by atoms with Crippen LogP contribution in [0.15, 0.2) is 64.1 Å². The molecule has 0 saturated heterocycles. The number of aryl methyl sites for hydroxylation is 1. The first-order valence-electron chi connectivity index (χ1n) is 9.21. The van der Waals surface area contributed by atoms with Crippen LogP contribution >= 0.6 is 0 Å². The molecule has 0 N–H and O–H groups in total. The molecule has 0 atom stereocenters. The third kappa shape index (κ3) is 3.67. The number of esters is 1. The van der Waals surface area contributed by atoms with Gasteiger partial charge in [-0.05, 0) is 24.1 Å². The van der Waals surface area contributed by atoms with Gasteiger partial charge in [-0.3, -0.25) is 19.0 Å². The maximum absolute atomic E-state index is 12.6. The van der Waals surface area contributed by atoms with Crippen molar-refractivity contribution >= 4 is 33.8 Å². The van der Waals surface area contributed by atoms with Crippen molar-refractivity contribution in [3.05, 3.63) is 76.3 Å².